The monoisotopic (exact) mass is 524 g/mol. The summed E-state index contributed by atoms with van der Waals surface area (Å²) in [5.74, 6) is -0.171. The molecule has 1 saturated carbocycles. The zero-order valence-electron chi connectivity index (χ0n) is 20.9. The second kappa shape index (κ2) is 10.9. The molecule has 0 bridgehead atoms. The summed E-state index contributed by atoms with van der Waals surface area (Å²) in [5.41, 5.74) is 6.09. The van der Waals surface area contributed by atoms with Crippen LogP contribution in [0.4, 0.5) is 0 Å². The normalized spacial score (nSPS) is 18.3. The van der Waals surface area contributed by atoms with E-state index < -0.39 is 21.7 Å². The van der Waals surface area contributed by atoms with Crippen molar-refractivity contribution < 1.29 is 27.8 Å². The van der Waals surface area contributed by atoms with Crippen LogP contribution in [0, 0.1) is 6.92 Å². The van der Waals surface area contributed by atoms with Crippen LogP contribution < -0.4 is 10.2 Å². The Bertz CT molecular complexity index is 1370. The van der Waals surface area contributed by atoms with Gasteiger partial charge in [0.2, 0.25) is 0 Å². The van der Waals surface area contributed by atoms with E-state index >= 15 is 0 Å². The molecule has 2 aromatic carbocycles. The molecule has 2 aliphatic rings. The van der Waals surface area contributed by atoms with E-state index in [0.29, 0.717) is 25.6 Å². The van der Waals surface area contributed by atoms with Crippen LogP contribution >= 0.6 is 0 Å². The van der Waals surface area contributed by atoms with Crippen molar-refractivity contribution >= 4 is 20.7 Å². The predicted octanol–water partition coefficient (Wildman–Crippen LogP) is 4.49. The van der Waals surface area contributed by atoms with Crippen LogP contribution in [0.3, 0.4) is 0 Å². The summed E-state index contributed by atoms with van der Waals surface area (Å²) in [6.45, 7) is 3.52. The highest BCUT2D eigenvalue weighted by molar-refractivity contribution is 7.91. The Morgan fingerprint density at radius 3 is 2.51 bits per heavy atom. The molecular weight excluding hydrogens is 492 g/mol. The van der Waals surface area contributed by atoms with E-state index in [1.807, 2.05) is 43.3 Å². The molecule has 3 aromatic rings. The van der Waals surface area contributed by atoms with E-state index in [-0.39, 0.29) is 10.6 Å². The predicted molar refractivity (Wildman–Crippen MR) is 139 cm³/mol. The van der Waals surface area contributed by atoms with Crippen molar-refractivity contribution in [3.05, 3.63) is 77.5 Å². The number of aryl methyl sites for hydroxylation is 1. The fourth-order valence-corrected chi connectivity index (χ4v) is 6.45. The highest BCUT2D eigenvalue weighted by Gasteiger charge is 2.38. The second-order valence-corrected chi connectivity index (χ2v) is 11.7. The summed E-state index contributed by atoms with van der Waals surface area (Å²) in [7, 11) is -3.64. The largest absolute Gasteiger partial charge is 0.489 e. The Labute approximate surface area is 217 Å². The Morgan fingerprint density at radius 2 is 1.81 bits per heavy atom. The van der Waals surface area contributed by atoms with Crippen molar-refractivity contribution in [2.24, 2.45) is 0 Å². The van der Waals surface area contributed by atoms with Crippen LogP contribution in [0.5, 0.6) is 5.75 Å². The van der Waals surface area contributed by atoms with Gasteiger partial charge in [0.15, 0.2) is 15.6 Å². The van der Waals surface area contributed by atoms with Gasteiger partial charge in [-0.15, -0.1) is 0 Å². The fourth-order valence-electron chi connectivity index (χ4n) is 5.06. The quantitative estimate of drug-likeness (QED) is 0.328. The summed E-state index contributed by atoms with van der Waals surface area (Å²) in [4.78, 5) is 4.73. The van der Waals surface area contributed by atoms with Crippen LogP contribution in [0.25, 0.3) is 10.9 Å². The molecule has 1 aromatic heterocycles. The van der Waals surface area contributed by atoms with Crippen molar-refractivity contribution in [1.82, 2.24) is 10.5 Å². The van der Waals surface area contributed by atoms with Crippen LogP contribution in [-0.2, 0) is 25.9 Å². The number of benzene rings is 2. The molecule has 0 radical (unpaired) electrons. The lowest BCUT2D eigenvalue weighted by atomic mass is 9.89. The second-order valence-electron chi connectivity index (χ2n) is 9.65. The van der Waals surface area contributed by atoms with Gasteiger partial charge in [0.25, 0.3) is 0 Å². The zero-order chi connectivity index (χ0) is 25.9. The molecule has 2 N–H and O–H groups in total. The first-order valence-corrected chi connectivity index (χ1v) is 14.2. The number of fused-ring (bicyclic) bond motifs is 1. The van der Waals surface area contributed by atoms with Crippen molar-refractivity contribution in [2.45, 2.75) is 55.9 Å². The summed E-state index contributed by atoms with van der Waals surface area (Å²) < 4.78 is 43.6. The molecule has 1 aliphatic heterocycles. The van der Waals surface area contributed by atoms with Gasteiger partial charge in [-0.25, -0.2) is 8.42 Å². The molecular formula is C28H32N2O6S. The SMILES string of the molecule is Cc1cc(COc2ccc(S(=O)(=O)CC(C=C3CCC4(CC3)OCCO4)NO)cc2)c2ccccc2n1. The lowest BCUT2D eigenvalue weighted by molar-refractivity contribution is -0.171. The van der Waals surface area contributed by atoms with Crippen molar-refractivity contribution in [3.8, 4) is 5.75 Å². The Morgan fingerprint density at radius 1 is 1.11 bits per heavy atom. The van der Waals surface area contributed by atoms with Gasteiger partial charge in [-0.05, 0) is 56.2 Å². The molecule has 1 spiro atoms. The first kappa shape index (κ1) is 25.8. The average molecular weight is 525 g/mol. The number of sulfone groups is 1. The molecule has 5 rings (SSSR count). The Kier molecular flexibility index (Phi) is 7.60. The molecule has 8 nitrogen and oxygen atoms in total. The zero-order valence-corrected chi connectivity index (χ0v) is 21.7. The first-order valence-electron chi connectivity index (χ1n) is 12.5. The number of nitrogens with zero attached hydrogens (tertiary/aromatic N) is 1. The van der Waals surface area contributed by atoms with Gasteiger partial charge in [-0.2, -0.15) is 5.48 Å². The van der Waals surface area contributed by atoms with Crippen molar-refractivity contribution in [1.29, 1.82) is 0 Å². The topological polar surface area (TPSA) is 107 Å². The lowest BCUT2D eigenvalue weighted by Crippen LogP contribution is -2.35. The third kappa shape index (κ3) is 6.02. The van der Waals surface area contributed by atoms with E-state index in [4.69, 9.17) is 14.2 Å². The van der Waals surface area contributed by atoms with Crippen LogP contribution in [-0.4, -0.2) is 49.4 Å². The molecule has 1 saturated heterocycles. The molecule has 1 unspecified atom stereocenters. The third-order valence-corrected chi connectivity index (χ3v) is 8.76. The number of pyridine rings is 1. The molecule has 2 heterocycles. The number of rotatable bonds is 8. The molecule has 0 amide bonds. The maximum absolute atomic E-state index is 13.1. The molecule has 2 fully saturated rings. The van der Waals surface area contributed by atoms with Gasteiger partial charge in [-0.1, -0.05) is 29.8 Å². The van der Waals surface area contributed by atoms with Crippen molar-refractivity contribution in [2.75, 3.05) is 19.0 Å². The highest BCUT2D eigenvalue weighted by atomic mass is 32.2. The maximum Gasteiger partial charge on any atom is 0.180 e. The number of hydroxylamine groups is 1. The minimum absolute atomic E-state index is 0.180. The van der Waals surface area contributed by atoms with Gasteiger partial charge >= 0.3 is 0 Å². The summed E-state index contributed by atoms with van der Waals surface area (Å²) >= 11 is 0. The van der Waals surface area contributed by atoms with Crippen LogP contribution in [0.2, 0.25) is 0 Å². The van der Waals surface area contributed by atoms with Gasteiger partial charge in [0, 0.05) is 29.5 Å². The average Bonchev–Trinajstić information content (AvgIpc) is 3.36. The Balaban J connectivity index is 1.21. The van der Waals surface area contributed by atoms with Gasteiger partial charge in [-0.3, -0.25) is 4.98 Å². The van der Waals surface area contributed by atoms with E-state index in [1.165, 1.54) is 0 Å². The number of para-hydroxylation sites is 1. The fraction of sp³-hybridized carbons (Fsp3) is 0.393. The summed E-state index contributed by atoms with van der Waals surface area (Å²) in [6, 6.07) is 15.6. The number of nitrogens with one attached hydrogen (secondary N) is 1. The number of allylic oxidation sites excluding steroid dienone is 1. The summed E-state index contributed by atoms with van der Waals surface area (Å²) in [6.07, 6.45) is 4.78. The molecule has 1 aliphatic carbocycles. The third-order valence-electron chi connectivity index (χ3n) is 6.98. The highest BCUT2D eigenvalue weighted by Crippen LogP contribution is 2.38. The smallest absolute Gasteiger partial charge is 0.180 e. The van der Waals surface area contributed by atoms with Crippen LogP contribution in [0.1, 0.15) is 36.9 Å². The van der Waals surface area contributed by atoms with Gasteiger partial charge in [0.05, 0.1) is 35.4 Å². The Hall–Kier alpha value is -2.82. The maximum atomic E-state index is 13.1. The van der Waals surface area contributed by atoms with E-state index in [0.717, 1.165) is 53.4 Å². The van der Waals surface area contributed by atoms with E-state index in [2.05, 4.69) is 10.5 Å². The molecule has 196 valence electrons. The minimum Gasteiger partial charge on any atom is -0.489 e. The van der Waals surface area contributed by atoms with Crippen molar-refractivity contribution in [3.63, 3.8) is 0 Å². The number of aromatic nitrogens is 1. The van der Waals surface area contributed by atoms with E-state index in [1.54, 1.807) is 24.3 Å². The van der Waals surface area contributed by atoms with E-state index in [9.17, 15) is 13.6 Å². The van der Waals surface area contributed by atoms with Gasteiger partial charge < -0.3 is 19.4 Å². The van der Waals surface area contributed by atoms with Gasteiger partial charge in [0.1, 0.15) is 12.4 Å². The number of hydrogen-bond donors (Lipinski definition) is 2. The lowest BCUT2D eigenvalue weighted by Gasteiger charge is -2.32. The minimum atomic E-state index is -3.64. The standard InChI is InChI=1S/C28H32N2O6S/c1-20-16-22(26-4-2-3-5-27(26)29-20)18-34-24-6-8-25(9-7-24)37(32,33)19-23(30-31)17-21-10-12-28(13-11-21)35-14-15-36-28/h2-9,16-17,23,30-31H,10-15,18-19H2,1H3. The molecule has 1 atom stereocenters. The first-order chi connectivity index (χ1) is 17.9. The molecule has 9 heteroatoms. The number of hydrogen-bond acceptors (Lipinski definition) is 8. The number of ether oxygens (including phenoxy) is 3. The van der Waals surface area contributed by atoms with Crippen LogP contribution in [0.15, 0.2) is 71.1 Å². The molecule has 37 heavy (non-hydrogen) atoms. The summed E-state index contributed by atoms with van der Waals surface area (Å²) in [5, 5.41) is 10.7.